The van der Waals surface area contributed by atoms with Crippen LogP contribution >= 0.6 is 39.0 Å². The smallest absolute Gasteiger partial charge is 0.212 e. The van der Waals surface area contributed by atoms with Crippen molar-refractivity contribution in [2.45, 2.75) is 5.16 Å². The van der Waals surface area contributed by atoms with Crippen molar-refractivity contribution < 1.29 is 5.11 Å². The van der Waals surface area contributed by atoms with Crippen LogP contribution in [0.25, 0.3) is 11.4 Å². The Labute approximate surface area is 142 Å². The molecule has 0 bridgehead atoms. The summed E-state index contributed by atoms with van der Waals surface area (Å²) >= 11 is 6.71. The number of para-hydroxylation sites is 1. The third-order valence-electron chi connectivity index (χ3n) is 3.17. The summed E-state index contributed by atoms with van der Waals surface area (Å²) in [6, 6.07) is 11.1. The highest BCUT2D eigenvalue weighted by Crippen LogP contribution is 2.33. The van der Waals surface area contributed by atoms with E-state index in [2.05, 4.69) is 31.2 Å². The third kappa shape index (κ3) is 2.37. The van der Waals surface area contributed by atoms with Gasteiger partial charge in [0.15, 0.2) is 5.82 Å². The van der Waals surface area contributed by atoms with Gasteiger partial charge in [-0.3, -0.25) is 0 Å². The van der Waals surface area contributed by atoms with Crippen molar-refractivity contribution in [3.05, 3.63) is 45.1 Å². The summed E-state index contributed by atoms with van der Waals surface area (Å²) in [7, 11) is 0. The van der Waals surface area contributed by atoms with E-state index >= 15 is 0 Å². The van der Waals surface area contributed by atoms with Gasteiger partial charge in [-0.2, -0.15) is 9.78 Å². The van der Waals surface area contributed by atoms with Crippen LogP contribution in [-0.2, 0) is 0 Å². The van der Waals surface area contributed by atoms with Crippen LogP contribution in [0.5, 0.6) is 5.75 Å². The van der Waals surface area contributed by atoms with Crippen LogP contribution in [-0.4, -0.2) is 31.4 Å². The molecule has 3 aromatic rings. The molecule has 0 saturated carbocycles. The molecule has 0 aliphatic carbocycles. The van der Waals surface area contributed by atoms with Crippen molar-refractivity contribution in [3.63, 3.8) is 0 Å². The molecule has 8 heteroatoms. The SMILES string of the molecule is Oc1ccccc1-c1nnc2n1N=C(c1ccc(Br)s1)CS2. The first-order valence-corrected chi connectivity index (χ1v) is 9.02. The van der Waals surface area contributed by atoms with Crippen LogP contribution in [0.3, 0.4) is 0 Å². The van der Waals surface area contributed by atoms with Gasteiger partial charge in [-0.25, -0.2) is 0 Å². The zero-order valence-corrected chi connectivity index (χ0v) is 14.3. The quantitative estimate of drug-likeness (QED) is 0.719. The fourth-order valence-corrected chi connectivity index (χ4v) is 4.44. The first-order chi connectivity index (χ1) is 10.7. The van der Waals surface area contributed by atoms with Crippen molar-refractivity contribution in [1.29, 1.82) is 0 Å². The van der Waals surface area contributed by atoms with Crippen molar-refractivity contribution in [2.75, 3.05) is 5.75 Å². The molecule has 2 aromatic heterocycles. The van der Waals surface area contributed by atoms with Crippen LogP contribution in [0.1, 0.15) is 4.88 Å². The van der Waals surface area contributed by atoms with Gasteiger partial charge in [0, 0.05) is 5.75 Å². The highest BCUT2D eigenvalue weighted by atomic mass is 79.9. The number of hydrogen-bond acceptors (Lipinski definition) is 6. The van der Waals surface area contributed by atoms with Crippen LogP contribution < -0.4 is 0 Å². The molecule has 110 valence electrons. The average molecular weight is 393 g/mol. The Morgan fingerprint density at radius 2 is 2.00 bits per heavy atom. The molecular formula is C14H9BrN4OS2. The lowest BCUT2D eigenvalue weighted by molar-refractivity contribution is 0.476. The molecule has 0 unspecified atom stereocenters. The average Bonchev–Trinajstić information content (AvgIpc) is 3.13. The molecule has 1 aliphatic heterocycles. The first kappa shape index (κ1) is 14.0. The number of thiophene rings is 1. The minimum atomic E-state index is 0.170. The minimum Gasteiger partial charge on any atom is -0.507 e. The van der Waals surface area contributed by atoms with E-state index < -0.39 is 0 Å². The topological polar surface area (TPSA) is 63.3 Å². The van der Waals surface area contributed by atoms with Crippen LogP contribution in [0, 0.1) is 0 Å². The standard InChI is InChI=1S/C14H9BrN4OS2/c15-12-6-5-11(22-12)9-7-21-14-17-16-13(19(14)18-9)8-3-1-2-4-10(8)20/h1-6,20H,7H2. The predicted molar refractivity (Wildman–Crippen MR) is 91.8 cm³/mol. The summed E-state index contributed by atoms with van der Waals surface area (Å²) < 4.78 is 2.78. The summed E-state index contributed by atoms with van der Waals surface area (Å²) in [5.41, 5.74) is 1.60. The van der Waals surface area contributed by atoms with E-state index in [0.29, 0.717) is 11.4 Å². The third-order valence-corrected chi connectivity index (χ3v) is 5.78. The van der Waals surface area contributed by atoms with Gasteiger partial charge in [-0.05, 0) is 40.2 Å². The Balaban J connectivity index is 1.83. The number of fused-ring (bicyclic) bond motifs is 1. The number of halogens is 1. The van der Waals surface area contributed by atoms with E-state index in [1.807, 2.05) is 24.3 Å². The van der Waals surface area contributed by atoms with E-state index in [1.54, 1.807) is 39.9 Å². The summed E-state index contributed by atoms with van der Waals surface area (Å²) in [5.74, 6) is 1.48. The molecule has 0 spiro atoms. The van der Waals surface area contributed by atoms with Gasteiger partial charge >= 0.3 is 0 Å². The minimum absolute atomic E-state index is 0.170. The number of aromatic nitrogens is 3. The second-order valence-electron chi connectivity index (χ2n) is 4.57. The van der Waals surface area contributed by atoms with Gasteiger partial charge in [-0.15, -0.1) is 21.5 Å². The lowest BCUT2D eigenvalue weighted by Crippen LogP contribution is -2.12. The Morgan fingerprint density at radius 3 is 2.77 bits per heavy atom. The number of phenols is 1. The fraction of sp³-hybridized carbons (Fsp3) is 0.0714. The Bertz CT molecular complexity index is 887. The molecule has 22 heavy (non-hydrogen) atoms. The molecule has 1 aliphatic rings. The number of aromatic hydroxyl groups is 1. The van der Waals surface area contributed by atoms with Gasteiger partial charge in [0.1, 0.15) is 5.75 Å². The van der Waals surface area contributed by atoms with Crippen molar-refractivity contribution in [1.82, 2.24) is 14.9 Å². The van der Waals surface area contributed by atoms with Crippen molar-refractivity contribution in [3.8, 4) is 17.1 Å². The monoisotopic (exact) mass is 392 g/mol. The lowest BCUT2D eigenvalue weighted by Gasteiger charge is -2.12. The molecule has 1 aromatic carbocycles. The summed E-state index contributed by atoms with van der Waals surface area (Å²) in [6.45, 7) is 0. The van der Waals surface area contributed by atoms with E-state index in [9.17, 15) is 5.11 Å². The molecule has 1 N–H and O–H groups in total. The molecule has 3 heterocycles. The first-order valence-electron chi connectivity index (χ1n) is 6.42. The number of thioether (sulfide) groups is 1. The molecular weight excluding hydrogens is 384 g/mol. The highest BCUT2D eigenvalue weighted by molar-refractivity contribution is 9.11. The van der Waals surface area contributed by atoms with Crippen LogP contribution in [0.4, 0.5) is 0 Å². The van der Waals surface area contributed by atoms with E-state index in [0.717, 1.165) is 25.3 Å². The summed E-state index contributed by atoms with van der Waals surface area (Å²) in [5, 5.41) is 23.8. The van der Waals surface area contributed by atoms with Crippen molar-refractivity contribution >= 4 is 44.7 Å². The van der Waals surface area contributed by atoms with Crippen LogP contribution in [0.2, 0.25) is 0 Å². The molecule has 0 atom stereocenters. The Morgan fingerprint density at radius 1 is 1.14 bits per heavy atom. The maximum atomic E-state index is 10.0. The van der Waals surface area contributed by atoms with Crippen LogP contribution in [0.15, 0.2) is 50.4 Å². The van der Waals surface area contributed by atoms with E-state index in [-0.39, 0.29) is 5.75 Å². The molecule has 0 amide bonds. The zero-order valence-electron chi connectivity index (χ0n) is 11.1. The maximum Gasteiger partial charge on any atom is 0.212 e. The van der Waals surface area contributed by atoms with E-state index in [1.165, 1.54) is 0 Å². The highest BCUT2D eigenvalue weighted by Gasteiger charge is 2.22. The molecule has 4 rings (SSSR count). The van der Waals surface area contributed by atoms with Gasteiger partial charge in [0.2, 0.25) is 5.16 Å². The van der Waals surface area contributed by atoms with Crippen molar-refractivity contribution in [2.24, 2.45) is 5.10 Å². The van der Waals surface area contributed by atoms with Gasteiger partial charge in [0.05, 0.1) is 19.9 Å². The largest absolute Gasteiger partial charge is 0.507 e. The molecule has 0 fully saturated rings. The number of phenolic OH excluding ortho intramolecular Hbond substituents is 1. The van der Waals surface area contributed by atoms with Gasteiger partial charge in [-0.1, -0.05) is 23.9 Å². The summed E-state index contributed by atoms with van der Waals surface area (Å²) in [4.78, 5) is 1.11. The van der Waals surface area contributed by atoms with Gasteiger partial charge in [0.25, 0.3) is 0 Å². The predicted octanol–water partition coefficient (Wildman–Crippen LogP) is 3.83. The van der Waals surface area contributed by atoms with E-state index in [4.69, 9.17) is 0 Å². The Hall–Kier alpha value is -1.64. The zero-order chi connectivity index (χ0) is 15.1. The number of hydrogen-bond donors (Lipinski definition) is 1. The maximum absolute atomic E-state index is 10.0. The lowest BCUT2D eigenvalue weighted by atomic mass is 10.2. The van der Waals surface area contributed by atoms with Gasteiger partial charge < -0.3 is 5.11 Å². The second-order valence-corrected chi connectivity index (χ2v) is 7.98. The molecule has 0 saturated heterocycles. The normalized spacial score (nSPS) is 13.8. The molecule has 0 radical (unpaired) electrons. The number of rotatable bonds is 2. The fourth-order valence-electron chi connectivity index (χ4n) is 2.15. The molecule has 5 nitrogen and oxygen atoms in total. The number of benzene rings is 1. The number of nitrogens with zero attached hydrogens (tertiary/aromatic N) is 4. The Kier molecular flexibility index (Phi) is 3.51. The second kappa shape index (κ2) is 5.53. The summed E-state index contributed by atoms with van der Waals surface area (Å²) in [6.07, 6.45) is 0.